The predicted molar refractivity (Wildman–Crippen MR) is 74.1 cm³/mol. The fraction of sp³-hybridized carbons (Fsp3) is 0.400. The van der Waals surface area contributed by atoms with Gasteiger partial charge in [-0.15, -0.1) is 0 Å². The third kappa shape index (κ3) is 3.58. The van der Waals surface area contributed by atoms with E-state index in [1.54, 1.807) is 0 Å². The van der Waals surface area contributed by atoms with Crippen molar-refractivity contribution in [1.29, 1.82) is 0 Å². The zero-order chi connectivity index (χ0) is 13.7. The van der Waals surface area contributed by atoms with Crippen molar-refractivity contribution in [2.45, 2.75) is 33.3 Å². The number of aryl methyl sites for hydroxylation is 3. The maximum atomic E-state index is 5.75. The number of aromatic nitrogens is 1. The second kappa shape index (κ2) is 6.38. The first-order chi connectivity index (χ1) is 9.20. The molecule has 0 fully saturated rings. The highest BCUT2D eigenvalue weighted by Gasteiger charge is 2.09. The average Bonchev–Trinajstić information content (AvgIpc) is 2.75. The van der Waals surface area contributed by atoms with Crippen LogP contribution in [0.1, 0.15) is 29.0 Å². The molecule has 0 unspecified atom stereocenters. The van der Waals surface area contributed by atoms with E-state index in [0.717, 1.165) is 42.2 Å². The number of nitrogens with zero attached hydrogens (tertiary/aromatic N) is 1. The molecule has 19 heavy (non-hydrogen) atoms. The van der Waals surface area contributed by atoms with Gasteiger partial charge in [0.1, 0.15) is 18.1 Å². The SMILES string of the molecule is Cc1noc(C)c1COc1ccc(CCCN)cc1. The Bertz CT molecular complexity index is 498. The molecule has 2 rings (SSSR count). The van der Waals surface area contributed by atoms with E-state index in [4.69, 9.17) is 15.0 Å². The maximum Gasteiger partial charge on any atom is 0.140 e. The summed E-state index contributed by atoms with van der Waals surface area (Å²) in [6.45, 7) is 5.04. The monoisotopic (exact) mass is 260 g/mol. The van der Waals surface area contributed by atoms with Crippen molar-refractivity contribution in [3.8, 4) is 5.75 Å². The maximum absolute atomic E-state index is 5.75. The van der Waals surface area contributed by atoms with E-state index in [1.807, 2.05) is 26.0 Å². The third-order valence-corrected chi connectivity index (χ3v) is 3.16. The van der Waals surface area contributed by atoms with Crippen molar-refractivity contribution in [3.63, 3.8) is 0 Å². The molecule has 1 aromatic carbocycles. The zero-order valence-corrected chi connectivity index (χ0v) is 11.5. The average molecular weight is 260 g/mol. The van der Waals surface area contributed by atoms with E-state index < -0.39 is 0 Å². The van der Waals surface area contributed by atoms with Gasteiger partial charge < -0.3 is 15.0 Å². The Morgan fingerprint density at radius 2 is 1.95 bits per heavy atom. The van der Waals surface area contributed by atoms with Crippen LogP contribution in [-0.4, -0.2) is 11.7 Å². The van der Waals surface area contributed by atoms with Crippen molar-refractivity contribution >= 4 is 0 Å². The van der Waals surface area contributed by atoms with Crippen LogP contribution in [-0.2, 0) is 13.0 Å². The topological polar surface area (TPSA) is 61.3 Å². The molecule has 2 N–H and O–H groups in total. The summed E-state index contributed by atoms with van der Waals surface area (Å²) in [5.74, 6) is 1.67. The van der Waals surface area contributed by atoms with Crippen molar-refractivity contribution in [2.24, 2.45) is 5.73 Å². The standard InChI is InChI=1S/C15H20N2O2/c1-11-15(12(2)19-17-11)10-18-14-7-5-13(6-8-14)4-3-9-16/h5-8H,3-4,9-10,16H2,1-2H3. The number of rotatable bonds is 6. The summed E-state index contributed by atoms with van der Waals surface area (Å²) in [6, 6.07) is 8.14. The zero-order valence-electron chi connectivity index (χ0n) is 11.5. The minimum Gasteiger partial charge on any atom is -0.489 e. The van der Waals surface area contributed by atoms with Crippen LogP contribution in [0, 0.1) is 13.8 Å². The van der Waals surface area contributed by atoms with Gasteiger partial charge in [-0.3, -0.25) is 0 Å². The normalized spacial score (nSPS) is 10.7. The molecule has 0 saturated carbocycles. The summed E-state index contributed by atoms with van der Waals surface area (Å²) >= 11 is 0. The van der Waals surface area contributed by atoms with E-state index in [0.29, 0.717) is 6.61 Å². The largest absolute Gasteiger partial charge is 0.489 e. The highest BCUT2D eigenvalue weighted by molar-refractivity contribution is 5.28. The van der Waals surface area contributed by atoms with Crippen molar-refractivity contribution in [2.75, 3.05) is 6.54 Å². The van der Waals surface area contributed by atoms with Gasteiger partial charge in [-0.1, -0.05) is 17.3 Å². The lowest BCUT2D eigenvalue weighted by molar-refractivity contribution is 0.301. The summed E-state index contributed by atoms with van der Waals surface area (Å²) in [5.41, 5.74) is 8.69. The van der Waals surface area contributed by atoms with Gasteiger partial charge in [0.15, 0.2) is 0 Å². The number of hydrogen-bond donors (Lipinski definition) is 1. The van der Waals surface area contributed by atoms with Crippen molar-refractivity contribution < 1.29 is 9.26 Å². The fourth-order valence-corrected chi connectivity index (χ4v) is 1.92. The Kier molecular flexibility index (Phi) is 4.58. The summed E-state index contributed by atoms with van der Waals surface area (Å²) in [5, 5.41) is 3.91. The van der Waals surface area contributed by atoms with E-state index in [9.17, 15) is 0 Å². The van der Waals surface area contributed by atoms with Gasteiger partial charge in [-0.05, 0) is 50.9 Å². The Morgan fingerprint density at radius 1 is 1.21 bits per heavy atom. The van der Waals surface area contributed by atoms with Crippen LogP contribution >= 0.6 is 0 Å². The fourth-order valence-electron chi connectivity index (χ4n) is 1.92. The highest BCUT2D eigenvalue weighted by atomic mass is 16.5. The Morgan fingerprint density at radius 3 is 2.53 bits per heavy atom. The van der Waals surface area contributed by atoms with Gasteiger partial charge in [-0.25, -0.2) is 0 Å². The van der Waals surface area contributed by atoms with E-state index >= 15 is 0 Å². The molecule has 0 atom stereocenters. The van der Waals surface area contributed by atoms with Gasteiger partial charge in [0.2, 0.25) is 0 Å². The summed E-state index contributed by atoms with van der Waals surface area (Å²) in [7, 11) is 0. The van der Waals surface area contributed by atoms with Crippen molar-refractivity contribution in [3.05, 3.63) is 46.8 Å². The predicted octanol–water partition coefficient (Wildman–Crippen LogP) is 2.76. The molecular weight excluding hydrogens is 240 g/mol. The Hall–Kier alpha value is -1.81. The van der Waals surface area contributed by atoms with Crippen LogP contribution < -0.4 is 10.5 Å². The molecule has 2 aromatic rings. The molecular formula is C15H20N2O2. The van der Waals surface area contributed by atoms with Crippen LogP contribution in [0.5, 0.6) is 5.75 Å². The second-order valence-corrected chi connectivity index (χ2v) is 4.63. The van der Waals surface area contributed by atoms with Gasteiger partial charge in [-0.2, -0.15) is 0 Å². The highest BCUT2D eigenvalue weighted by Crippen LogP contribution is 2.18. The number of hydrogen-bond acceptors (Lipinski definition) is 4. The molecule has 0 amide bonds. The van der Waals surface area contributed by atoms with Gasteiger partial charge in [0, 0.05) is 0 Å². The van der Waals surface area contributed by atoms with Gasteiger partial charge in [0.25, 0.3) is 0 Å². The van der Waals surface area contributed by atoms with Crippen LogP contribution in [0.15, 0.2) is 28.8 Å². The first kappa shape index (κ1) is 13.6. The molecule has 4 heteroatoms. The quantitative estimate of drug-likeness (QED) is 0.867. The smallest absolute Gasteiger partial charge is 0.140 e. The molecule has 102 valence electrons. The number of ether oxygens (including phenoxy) is 1. The van der Waals surface area contributed by atoms with Crippen LogP contribution in [0.4, 0.5) is 0 Å². The summed E-state index contributed by atoms with van der Waals surface area (Å²) in [6.07, 6.45) is 2.03. The Balaban J connectivity index is 1.93. The Labute approximate surface area is 113 Å². The first-order valence-electron chi connectivity index (χ1n) is 6.54. The molecule has 0 aliphatic carbocycles. The molecule has 4 nitrogen and oxygen atoms in total. The van der Waals surface area contributed by atoms with Gasteiger partial charge in [0.05, 0.1) is 11.3 Å². The van der Waals surface area contributed by atoms with E-state index in [2.05, 4.69) is 17.3 Å². The van der Waals surface area contributed by atoms with Gasteiger partial charge >= 0.3 is 0 Å². The summed E-state index contributed by atoms with van der Waals surface area (Å²) in [4.78, 5) is 0. The van der Waals surface area contributed by atoms with Crippen LogP contribution in [0.2, 0.25) is 0 Å². The molecule has 0 aliphatic heterocycles. The van der Waals surface area contributed by atoms with E-state index in [-0.39, 0.29) is 0 Å². The van der Waals surface area contributed by atoms with Crippen LogP contribution in [0.3, 0.4) is 0 Å². The molecule has 0 saturated heterocycles. The lowest BCUT2D eigenvalue weighted by Crippen LogP contribution is -2.00. The summed E-state index contributed by atoms with van der Waals surface area (Å²) < 4.78 is 10.9. The molecule has 0 radical (unpaired) electrons. The number of benzene rings is 1. The second-order valence-electron chi connectivity index (χ2n) is 4.63. The van der Waals surface area contributed by atoms with Crippen molar-refractivity contribution in [1.82, 2.24) is 5.16 Å². The molecule has 1 heterocycles. The molecule has 0 aliphatic rings. The molecule has 0 spiro atoms. The molecule has 1 aromatic heterocycles. The minimum atomic E-state index is 0.489. The first-order valence-corrected chi connectivity index (χ1v) is 6.54. The van der Waals surface area contributed by atoms with E-state index in [1.165, 1.54) is 5.56 Å². The third-order valence-electron chi connectivity index (χ3n) is 3.16. The van der Waals surface area contributed by atoms with Crippen LogP contribution in [0.25, 0.3) is 0 Å². The minimum absolute atomic E-state index is 0.489. The lowest BCUT2D eigenvalue weighted by atomic mass is 10.1. The lowest BCUT2D eigenvalue weighted by Gasteiger charge is -2.07. The molecule has 0 bridgehead atoms. The number of nitrogens with two attached hydrogens (primary N) is 1.